The van der Waals surface area contributed by atoms with Crippen molar-refractivity contribution in [2.24, 2.45) is 0 Å². The number of nitrogens with zero attached hydrogens (tertiary/aromatic N) is 2. The van der Waals surface area contributed by atoms with Gasteiger partial charge in [-0.1, -0.05) is 30.8 Å². The van der Waals surface area contributed by atoms with Crippen molar-refractivity contribution in [2.75, 3.05) is 6.61 Å². The van der Waals surface area contributed by atoms with Crippen LogP contribution < -0.4 is 10.1 Å². The molecule has 27 heavy (non-hydrogen) atoms. The fourth-order valence-electron chi connectivity index (χ4n) is 3.12. The van der Waals surface area contributed by atoms with E-state index in [9.17, 15) is 4.79 Å². The van der Waals surface area contributed by atoms with Crippen molar-refractivity contribution < 1.29 is 9.53 Å². The number of aryl methyl sites for hydroxylation is 1. The third-order valence-electron chi connectivity index (χ3n) is 4.74. The minimum absolute atomic E-state index is 0.215. The van der Waals surface area contributed by atoms with Crippen LogP contribution in [0, 0.1) is 13.8 Å². The van der Waals surface area contributed by atoms with E-state index in [0.717, 1.165) is 28.2 Å². The molecule has 3 aromatic rings. The van der Waals surface area contributed by atoms with E-state index in [4.69, 9.17) is 9.72 Å². The topological polar surface area (TPSA) is 56.2 Å². The molecule has 1 heterocycles. The number of rotatable bonds is 7. The highest BCUT2D eigenvalue weighted by Crippen LogP contribution is 2.23. The lowest BCUT2D eigenvalue weighted by Gasteiger charge is -2.16. The number of carbonyl (C=O) groups is 1. The van der Waals surface area contributed by atoms with Gasteiger partial charge in [0.25, 0.3) is 0 Å². The number of hydrogen-bond acceptors (Lipinski definition) is 3. The van der Waals surface area contributed by atoms with Crippen LogP contribution in [-0.4, -0.2) is 22.1 Å². The number of carbonyl (C=O) groups excluding carboxylic acids is 1. The van der Waals surface area contributed by atoms with Gasteiger partial charge in [-0.15, -0.1) is 0 Å². The average molecular weight is 363 g/mol. The van der Waals surface area contributed by atoms with Gasteiger partial charge >= 0.3 is 0 Å². The normalized spacial score (nSPS) is 12.0. The standard InChI is InChI=1S/C22H25N3O2/c1-5-21(26)23-17(4)22-24-18-10-6-7-11-19(18)25(22)13-14-27-20-12-8-9-15(2)16(20)3/h5-12,17H,1,13-14H2,2-4H3,(H,23,26). The first-order valence-corrected chi connectivity index (χ1v) is 9.08. The van der Waals surface area contributed by atoms with Crippen LogP contribution in [0.4, 0.5) is 0 Å². The summed E-state index contributed by atoms with van der Waals surface area (Å²) in [6, 6.07) is 13.8. The second-order valence-electron chi connectivity index (χ2n) is 6.59. The number of para-hydroxylation sites is 2. The Morgan fingerprint density at radius 2 is 2.04 bits per heavy atom. The zero-order valence-electron chi connectivity index (χ0n) is 16.0. The molecule has 1 amide bonds. The summed E-state index contributed by atoms with van der Waals surface area (Å²) in [7, 11) is 0. The quantitative estimate of drug-likeness (QED) is 0.643. The molecular formula is C22H25N3O2. The molecule has 0 spiro atoms. The van der Waals surface area contributed by atoms with E-state index in [2.05, 4.69) is 36.4 Å². The molecule has 0 aliphatic heterocycles. The molecule has 0 bridgehead atoms. The summed E-state index contributed by atoms with van der Waals surface area (Å²) < 4.78 is 8.13. The molecule has 5 nitrogen and oxygen atoms in total. The molecule has 2 aromatic carbocycles. The number of fused-ring (bicyclic) bond motifs is 1. The summed E-state index contributed by atoms with van der Waals surface area (Å²) in [5, 5.41) is 2.89. The van der Waals surface area contributed by atoms with Crippen molar-refractivity contribution in [2.45, 2.75) is 33.4 Å². The zero-order valence-corrected chi connectivity index (χ0v) is 16.0. The van der Waals surface area contributed by atoms with E-state index in [1.165, 1.54) is 11.6 Å². The van der Waals surface area contributed by atoms with E-state index >= 15 is 0 Å². The highest BCUT2D eigenvalue weighted by Gasteiger charge is 2.17. The summed E-state index contributed by atoms with van der Waals surface area (Å²) in [6.07, 6.45) is 1.27. The molecule has 0 fully saturated rings. The molecular weight excluding hydrogens is 338 g/mol. The second-order valence-corrected chi connectivity index (χ2v) is 6.59. The largest absolute Gasteiger partial charge is 0.491 e. The molecule has 140 valence electrons. The fraction of sp³-hybridized carbons (Fsp3) is 0.273. The molecule has 0 aliphatic carbocycles. The van der Waals surface area contributed by atoms with Crippen LogP contribution in [0.15, 0.2) is 55.1 Å². The van der Waals surface area contributed by atoms with Crippen molar-refractivity contribution in [3.63, 3.8) is 0 Å². The molecule has 1 unspecified atom stereocenters. The summed E-state index contributed by atoms with van der Waals surface area (Å²) in [5.41, 5.74) is 4.29. The van der Waals surface area contributed by atoms with Crippen LogP contribution in [0.1, 0.15) is 29.9 Å². The van der Waals surface area contributed by atoms with E-state index < -0.39 is 0 Å². The SMILES string of the molecule is C=CC(=O)NC(C)c1nc2ccccc2n1CCOc1cccc(C)c1C. The lowest BCUT2D eigenvalue weighted by atomic mass is 10.1. The van der Waals surface area contributed by atoms with Gasteiger partial charge in [0.05, 0.1) is 23.6 Å². The molecule has 0 saturated heterocycles. The fourth-order valence-corrected chi connectivity index (χ4v) is 3.12. The third kappa shape index (κ3) is 4.03. The number of amides is 1. The Kier molecular flexibility index (Phi) is 5.60. The monoisotopic (exact) mass is 363 g/mol. The number of imidazole rings is 1. The van der Waals surface area contributed by atoms with Crippen molar-refractivity contribution in [1.82, 2.24) is 14.9 Å². The summed E-state index contributed by atoms with van der Waals surface area (Å²) in [6.45, 7) is 10.7. The zero-order chi connectivity index (χ0) is 19.4. The Hall–Kier alpha value is -3.08. The van der Waals surface area contributed by atoms with E-state index in [0.29, 0.717) is 13.2 Å². The summed E-state index contributed by atoms with van der Waals surface area (Å²) >= 11 is 0. The molecule has 0 aliphatic rings. The lowest BCUT2D eigenvalue weighted by molar-refractivity contribution is -0.117. The molecule has 5 heteroatoms. The first kappa shape index (κ1) is 18.7. The molecule has 1 atom stereocenters. The first-order valence-electron chi connectivity index (χ1n) is 9.08. The smallest absolute Gasteiger partial charge is 0.243 e. The maximum absolute atomic E-state index is 11.7. The summed E-state index contributed by atoms with van der Waals surface area (Å²) in [5.74, 6) is 1.48. The third-order valence-corrected chi connectivity index (χ3v) is 4.74. The lowest BCUT2D eigenvalue weighted by Crippen LogP contribution is -2.27. The second kappa shape index (κ2) is 8.08. The van der Waals surface area contributed by atoms with Crippen LogP contribution in [0.2, 0.25) is 0 Å². The van der Waals surface area contributed by atoms with Crippen LogP contribution in [0.3, 0.4) is 0 Å². The van der Waals surface area contributed by atoms with Crippen molar-refractivity contribution in [3.05, 3.63) is 72.1 Å². The van der Waals surface area contributed by atoms with Crippen LogP contribution in [0.25, 0.3) is 11.0 Å². The molecule has 0 saturated carbocycles. The molecule has 1 N–H and O–H groups in total. The number of nitrogens with one attached hydrogen (secondary N) is 1. The molecule has 0 radical (unpaired) electrons. The Labute approximate surface area is 159 Å². The van der Waals surface area contributed by atoms with Gasteiger partial charge in [0.1, 0.15) is 18.2 Å². The number of hydrogen-bond donors (Lipinski definition) is 1. The predicted molar refractivity (Wildman–Crippen MR) is 108 cm³/mol. The minimum atomic E-state index is -0.233. The van der Waals surface area contributed by atoms with Gasteiger partial charge in [-0.05, 0) is 56.2 Å². The maximum atomic E-state index is 11.7. The molecule has 3 rings (SSSR count). The van der Waals surface area contributed by atoms with Crippen LogP contribution >= 0.6 is 0 Å². The Morgan fingerprint density at radius 1 is 1.26 bits per heavy atom. The minimum Gasteiger partial charge on any atom is -0.491 e. The van der Waals surface area contributed by atoms with Gasteiger partial charge in [-0.2, -0.15) is 0 Å². The van der Waals surface area contributed by atoms with Crippen molar-refractivity contribution >= 4 is 16.9 Å². The Bertz CT molecular complexity index is 975. The Balaban J connectivity index is 1.83. The van der Waals surface area contributed by atoms with E-state index in [1.807, 2.05) is 43.3 Å². The van der Waals surface area contributed by atoms with Crippen LogP contribution in [0.5, 0.6) is 5.75 Å². The number of aromatic nitrogens is 2. The van der Waals surface area contributed by atoms with Crippen molar-refractivity contribution in [3.8, 4) is 5.75 Å². The van der Waals surface area contributed by atoms with Gasteiger partial charge in [0.15, 0.2) is 0 Å². The van der Waals surface area contributed by atoms with E-state index in [-0.39, 0.29) is 11.9 Å². The molecule has 1 aromatic heterocycles. The highest BCUT2D eigenvalue weighted by molar-refractivity contribution is 5.87. The van der Waals surface area contributed by atoms with Gasteiger partial charge in [-0.25, -0.2) is 4.98 Å². The predicted octanol–water partition coefficient (Wildman–Crippen LogP) is 4.10. The maximum Gasteiger partial charge on any atom is 0.243 e. The van der Waals surface area contributed by atoms with Gasteiger partial charge < -0.3 is 14.6 Å². The van der Waals surface area contributed by atoms with Gasteiger partial charge in [-0.3, -0.25) is 4.79 Å². The van der Waals surface area contributed by atoms with Crippen molar-refractivity contribution in [1.29, 1.82) is 0 Å². The number of ether oxygens (including phenoxy) is 1. The van der Waals surface area contributed by atoms with Crippen LogP contribution in [-0.2, 0) is 11.3 Å². The average Bonchev–Trinajstić information content (AvgIpc) is 3.04. The van der Waals surface area contributed by atoms with Gasteiger partial charge in [0.2, 0.25) is 5.91 Å². The highest BCUT2D eigenvalue weighted by atomic mass is 16.5. The number of benzene rings is 2. The first-order chi connectivity index (χ1) is 13.0. The summed E-state index contributed by atoms with van der Waals surface area (Å²) in [4.78, 5) is 16.4. The Morgan fingerprint density at radius 3 is 2.81 bits per heavy atom. The van der Waals surface area contributed by atoms with Gasteiger partial charge in [0, 0.05) is 0 Å². The van der Waals surface area contributed by atoms with E-state index in [1.54, 1.807) is 0 Å².